The lowest BCUT2D eigenvalue weighted by Crippen LogP contribution is -2.27. The zero-order valence-electron chi connectivity index (χ0n) is 18.7. The molecule has 0 unspecified atom stereocenters. The first-order chi connectivity index (χ1) is 15.9. The maximum absolute atomic E-state index is 13.4. The van der Waals surface area contributed by atoms with Gasteiger partial charge in [-0.1, -0.05) is 54.6 Å². The summed E-state index contributed by atoms with van der Waals surface area (Å²) in [5, 5.41) is 5.52. The monoisotopic (exact) mass is 453 g/mol. The van der Waals surface area contributed by atoms with Crippen molar-refractivity contribution in [3.8, 4) is 11.1 Å². The molecule has 2 aromatic heterocycles. The first kappa shape index (κ1) is 21.1. The Bertz CT molecular complexity index is 1590. The Hall–Kier alpha value is -3.77. The Morgan fingerprint density at radius 2 is 1.79 bits per heavy atom. The summed E-state index contributed by atoms with van der Waals surface area (Å²) in [6.45, 7) is 6.04. The van der Waals surface area contributed by atoms with Gasteiger partial charge in [0.05, 0.1) is 11.7 Å². The van der Waals surface area contributed by atoms with E-state index in [1.54, 1.807) is 0 Å². The molecule has 6 heteroatoms. The fourth-order valence-corrected chi connectivity index (χ4v) is 5.18. The van der Waals surface area contributed by atoms with Crippen LogP contribution < -0.4 is 10.9 Å². The number of amides is 1. The van der Waals surface area contributed by atoms with E-state index in [0.717, 1.165) is 32.5 Å². The van der Waals surface area contributed by atoms with Gasteiger partial charge >= 0.3 is 0 Å². The molecule has 2 heterocycles. The average molecular weight is 454 g/mol. The summed E-state index contributed by atoms with van der Waals surface area (Å²) in [5.74, 6) is -0.269. The molecule has 5 aromatic rings. The number of hydrogen-bond donors (Lipinski definition) is 1. The van der Waals surface area contributed by atoms with Crippen LogP contribution >= 0.6 is 11.3 Å². The van der Waals surface area contributed by atoms with Crippen LogP contribution in [0, 0.1) is 20.8 Å². The quantitative estimate of drug-likeness (QED) is 0.372. The van der Waals surface area contributed by atoms with Crippen molar-refractivity contribution in [3.05, 3.63) is 93.3 Å². The summed E-state index contributed by atoms with van der Waals surface area (Å²) in [6, 6.07) is 19.9. The molecule has 0 fully saturated rings. The van der Waals surface area contributed by atoms with Crippen molar-refractivity contribution in [3.63, 3.8) is 0 Å². The van der Waals surface area contributed by atoms with Crippen LogP contribution in [-0.4, -0.2) is 15.5 Å². The van der Waals surface area contributed by atoms with E-state index in [1.807, 2.05) is 55.5 Å². The molecule has 5 rings (SSSR count). The van der Waals surface area contributed by atoms with Gasteiger partial charge in [-0.05, 0) is 48.9 Å². The minimum Gasteiger partial charge on any atom is -0.324 e. The van der Waals surface area contributed by atoms with Gasteiger partial charge < -0.3 is 5.32 Å². The van der Waals surface area contributed by atoms with Crippen LogP contribution in [0.3, 0.4) is 0 Å². The number of thiophene rings is 1. The number of nitrogens with zero attached hydrogens (tertiary/aromatic N) is 2. The maximum atomic E-state index is 13.4. The fourth-order valence-electron chi connectivity index (χ4n) is 4.17. The summed E-state index contributed by atoms with van der Waals surface area (Å²) in [5.41, 5.74) is 4.80. The number of anilines is 1. The molecule has 3 aromatic carbocycles. The van der Waals surface area contributed by atoms with Gasteiger partial charge in [0.1, 0.15) is 11.4 Å². The van der Waals surface area contributed by atoms with Crippen LogP contribution in [0.2, 0.25) is 0 Å². The fraction of sp³-hybridized carbons (Fsp3) is 0.148. The molecule has 5 nitrogen and oxygen atoms in total. The Kier molecular flexibility index (Phi) is 5.30. The number of aryl methyl sites for hydroxylation is 3. The molecule has 1 N–H and O–H groups in total. The van der Waals surface area contributed by atoms with Crippen LogP contribution in [0.4, 0.5) is 5.69 Å². The summed E-state index contributed by atoms with van der Waals surface area (Å²) in [4.78, 5) is 32.5. The number of rotatable bonds is 4. The molecule has 0 aliphatic heterocycles. The van der Waals surface area contributed by atoms with Crippen molar-refractivity contribution < 1.29 is 4.79 Å². The van der Waals surface area contributed by atoms with Crippen molar-refractivity contribution in [2.24, 2.45) is 0 Å². The second-order valence-electron chi connectivity index (χ2n) is 8.26. The number of aromatic nitrogens is 2. The molecule has 0 radical (unpaired) electrons. The van der Waals surface area contributed by atoms with Crippen molar-refractivity contribution in [2.75, 3.05) is 5.32 Å². The number of carbonyl (C=O) groups is 1. The van der Waals surface area contributed by atoms with Gasteiger partial charge in [-0.2, -0.15) is 0 Å². The molecular formula is C27H23N3O2S. The van der Waals surface area contributed by atoms with Crippen molar-refractivity contribution in [1.29, 1.82) is 0 Å². The van der Waals surface area contributed by atoms with Crippen LogP contribution in [0.5, 0.6) is 0 Å². The van der Waals surface area contributed by atoms with Gasteiger partial charge in [0.25, 0.3) is 5.56 Å². The van der Waals surface area contributed by atoms with E-state index in [1.165, 1.54) is 33.4 Å². The van der Waals surface area contributed by atoms with Gasteiger partial charge in [0.2, 0.25) is 5.91 Å². The molecule has 0 saturated carbocycles. The van der Waals surface area contributed by atoms with E-state index in [2.05, 4.69) is 36.3 Å². The molecule has 1 amide bonds. The summed E-state index contributed by atoms with van der Waals surface area (Å²) < 4.78 is 1.39. The molecule has 33 heavy (non-hydrogen) atoms. The van der Waals surface area contributed by atoms with Gasteiger partial charge in [-0.25, -0.2) is 4.98 Å². The van der Waals surface area contributed by atoms with E-state index in [4.69, 9.17) is 0 Å². The molecule has 0 spiro atoms. The first-order valence-electron chi connectivity index (χ1n) is 10.8. The number of hydrogen-bond acceptors (Lipinski definition) is 4. The van der Waals surface area contributed by atoms with Crippen LogP contribution in [-0.2, 0) is 11.3 Å². The molecular weight excluding hydrogens is 430 g/mol. The van der Waals surface area contributed by atoms with Crippen molar-refractivity contribution in [2.45, 2.75) is 27.3 Å². The highest BCUT2D eigenvalue weighted by atomic mass is 32.1. The third kappa shape index (κ3) is 3.83. The van der Waals surface area contributed by atoms with Gasteiger partial charge in [-0.15, -0.1) is 11.3 Å². The highest BCUT2D eigenvalue weighted by molar-refractivity contribution is 7.19. The molecule has 0 bridgehead atoms. The zero-order valence-corrected chi connectivity index (χ0v) is 19.5. The molecule has 164 valence electrons. The first-order valence-corrected chi connectivity index (χ1v) is 11.6. The Morgan fingerprint density at radius 1 is 1.00 bits per heavy atom. The number of nitrogens with one attached hydrogen (secondary N) is 1. The number of carbonyl (C=O) groups excluding carboxylic acids is 1. The largest absolute Gasteiger partial charge is 0.324 e. The van der Waals surface area contributed by atoms with Crippen LogP contribution in [0.25, 0.3) is 32.1 Å². The zero-order chi connectivity index (χ0) is 23.1. The Labute approximate surface area is 195 Å². The van der Waals surface area contributed by atoms with Gasteiger partial charge in [-0.3, -0.25) is 14.2 Å². The SMILES string of the molecule is Cc1ccc(-c2c(C)sc3ncn(CC(=O)Nc4cccc5ccccc45)c(=O)c23)cc1C. The second kappa shape index (κ2) is 8.30. The van der Waals surface area contributed by atoms with E-state index in [-0.39, 0.29) is 18.0 Å². The predicted molar refractivity (Wildman–Crippen MR) is 136 cm³/mol. The van der Waals surface area contributed by atoms with Gasteiger partial charge in [0.15, 0.2) is 0 Å². The second-order valence-corrected chi connectivity index (χ2v) is 9.47. The molecule has 0 saturated heterocycles. The predicted octanol–water partition coefficient (Wildman–Crippen LogP) is 5.84. The van der Waals surface area contributed by atoms with Crippen molar-refractivity contribution >= 4 is 43.9 Å². The lowest BCUT2D eigenvalue weighted by atomic mass is 9.99. The Morgan fingerprint density at radius 3 is 2.61 bits per heavy atom. The van der Waals surface area contributed by atoms with E-state index in [0.29, 0.717) is 10.2 Å². The summed E-state index contributed by atoms with van der Waals surface area (Å²) in [7, 11) is 0. The highest BCUT2D eigenvalue weighted by Gasteiger charge is 2.18. The Balaban J connectivity index is 1.51. The third-order valence-corrected chi connectivity index (χ3v) is 7.04. The maximum Gasteiger partial charge on any atom is 0.263 e. The number of benzene rings is 3. The topological polar surface area (TPSA) is 64.0 Å². The van der Waals surface area contributed by atoms with Gasteiger partial charge in [0, 0.05) is 21.5 Å². The van der Waals surface area contributed by atoms with E-state index < -0.39 is 0 Å². The average Bonchev–Trinajstić information content (AvgIpc) is 3.14. The minimum absolute atomic E-state index is 0.105. The van der Waals surface area contributed by atoms with E-state index >= 15 is 0 Å². The minimum atomic E-state index is -0.269. The highest BCUT2D eigenvalue weighted by Crippen LogP contribution is 2.36. The smallest absolute Gasteiger partial charge is 0.263 e. The normalized spacial score (nSPS) is 11.2. The van der Waals surface area contributed by atoms with E-state index in [9.17, 15) is 9.59 Å². The lowest BCUT2D eigenvalue weighted by Gasteiger charge is -2.10. The lowest BCUT2D eigenvalue weighted by molar-refractivity contribution is -0.116. The molecule has 0 aliphatic carbocycles. The summed E-state index contributed by atoms with van der Waals surface area (Å²) >= 11 is 1.50. The van der Waals surface area contributed by atoms with Crippen LogP contribution in [0.1, 0.15) is 16.0 Å². The molecule has 0 atom stereocenters. The van der Waals surface area contributed by atoms with Crippen LogP contribution in [0.15, 0.2) is 71.8 Å². The molecule has 0 aliphatic rings. The standard InChI is InChI=1S/C27H23N3O2S/c1-16-11-12-20(13-17(16)2)24-18(3)33-26-25(24)27(32)30(15-28-26)14-23(31)29-22-10-6-8-19-7-4-5-9-21(19)22/h4-13,15H,14H2,1-3H3,(H,29,31). The number of fused-ring (bicyclic) bond motifs is 2. The third-order valence-electron chi connectivity index (χ3n) is 6.03. The van der Waals surface area contributed by atoms with Crippen molar-refractivity contribution in [1.82, 2.24) is 9.55 Å². The summed E-state index contributed by atoms with van der Waals surface area (Å²) in [6.07, 6.45) is 1.47.